The summed E-state index contributed by atoms with van der Waals surface area (Å²) in [6, 6.07) is -0.104. The first-order valence-electron chi connectivity index (χ1n) is 22.2. The first-order chi connectivity index (χ1) is 25.7. The van der Waals surface area contributed by atoms with Gasteiger partial charge in [-0.1, -0.05) is 44.9 Å². The molecule has 9 aliphatic rings. The molecular weight excluding hydrogens is 732 g/mol. The maximum Gasteiger partial charge on any atom is 0.336 e. The Kier molecular flexibility index (Phi) is 12.3. The fourth-order valence-electron chi connectivity index (χ4n) is 13.2. The van der Waals surface area contributed by atoms with E-state index in [2.05, 4.69) is 47.5 Å². The number of fused-ring (bicyclic) bond motifs is 20. The summed E-state index contributed by atoms with van der Waals surface area (Å²) >= 11 is 0. The third kappa shape index (κ3) is 7.56. The summed E-state index contributed by atoms with van der Waals surface area (Å²) in [5.74, 6) is 3.93. The van der Waals surface area contributed by atoms with E-state index >= 15 is 0 Å². The number of guanidine groups is 1. The molecule has 4 saturated carbocycles. The minimum atomic E-state index is -0.241. The predicted octanol–water partition coefficient (Wildman–Crippen LogP) is 2.72. The largest absolute Gasteiger partial charge is 0.367 e. The van der Waals surface area contributed by atoms with Crippen LogP contribution in [-0.2, 0) is 29.1 Å². The molecule has 54 heavy (non-hydrogen) atoms. The number of aliphatic imine (C=N–C) groups is 1. The topological polar surface area (TPSA) is 164 Å². The monoisotopic (exact) mass is 802 g/mol. The van der Waals surface area contributed by atoms with Crippen LogP contribution in [0.3, 0.4) is 0 Å². The number of carbonyl (C=O) groups excluding carboxylic acids is 1. The summed E-state index contributed by atoms with van der Waals surface area (Å²) in [5.41, 5.74) is 6.43. The van der Waals surface area contributed by atoms with Crippen molar-refractivity contribution in [2.75, 3.05) is 0 Å². The van der Waals surface area contributed by atoms with E-state index in [1.807, 2.05) is 27.7 Å². The minimum absolute atomic E-state index is 0. The molecule has 5 aliphatic heterocycles. The molecule has 0 spiro atoms. The SMILES string of the molecule is CC(C)N=C(N)N(OC(=O)C1CCCC2C3NC4NC(NC5NC(NC6NC(NC(N3)C12)C1CCCCC61)C1CCCCC51)C1CCCCC41)C(C)C.[Zn]. The Labute approximate surface area is 336 Å². The van der Waals surface area contributed by atoms with E-state index in [1.165, 1.54) is 82.1 Å². The van der Waals surface area contributed by atoms with Gasteiger partial charge in [0.15, 0.2) is 0 Å². The van der Waals surface area contributed by atoms with Gasteiger partial charge in [-0.3, -0.25) is 42.5 Å². The first kappa shape index (κ1) is 39.9. The summed E-state index contributed by atoms with van der Waals surface area (Å²) in [6.07, 6.45) is 20.2. The van der Waals surface area contributed by atoms with Crippen LogP contribution in [0, 0.1) is 53.3 Å². The summed E-state index contributed by atoms with van der Waals surface area (Å²) in [7, 11) is 0. The average molecular weight is 803 g/mol. The molecule has 9 rings (SSSR count). The Balaban J connectivity index is 0.00000413. The van der Waals surface area contributed by atoms with Gasteiger partial charge in [0.1, 0.15) is 0 Å². The Morgan fingerprint density at radius 2 is 0.870 bits per heavy atom. The van der Waals surface area contributed by atoms with E-state index in [-0.39, 0.29) is 86.2 Å². The second-order valence-corrected chi connectivity index (χ2v) is 19.2. The van der Waals surface area contributed by atoms with E-state index in [1.54, 1.807) is 0 Å². The molecule has 300 valence electrons. The molecule has 13 nitrogen and oxygen atoms in total. The number of nitrogens with zero attached hydrogens (tertiary/aromatic N) is 2. The molecule has 10 N–H and O–H groups in total. The van der Waals surface area contributed by atoms with Gasteiger partial charge in [-0.25, -0.2) is 9.79 Å². The Bertz CT molecular complexity index is 1340. The maximum atomic E-state index is 14.4. The summed E-state index contributed by atoms with van der Waals surface area (Å²) in [6.45, 7) is 7.98. The van der Waals surface area contributed by atoms with Crippen molar-refractivity contribution < 1.29 is 29.1 Å². The van der Waals surface area contributed by atoms with E-state index in [4.69, 9.17) is 10.6 Å². The van der Waals surface area contributed by atoms with Gasteiger partial charge < -0.3 is 10.6 Å². The molecule has 0 aromatic rings. The van der Waals surface area contributed by atoms with Crippen LogP contribution in [0.15, 0.2) is 4.99 Å². The van der Waals surface area contributed by atoms with Crippen LogP contribution in [0.1, 0.15) is 124 Å². The van der Waals surface area contributed by atoms with Crippen molar-refractivity contribution in [1.82, 2.24) is 47.6 Å². The fraction of sp³-hybridized carbons (Fsp3) is 0.950. The molecule has 0 aromatic carbocycles. The second kappa shape index (κ2) is 16.7. The van der Waals surface area contributed by atoms with Crippen molar-refractivity contribution in [3.63, 3.8) is 0 Å². The number of rotatable bonds is 3. The van der Waals surface area contributed by atoms with E-state index in [0.29, 0.717) is 59.9 Å². The van der Waals surface area contributed by atoms with Crippen molar-refractivity contribution in [2.24, 2.45) is 64.0 Å². The van der Waals surface area contributed by atoms with Gasteiger partial charge in [-0.2, -0.15) is 5.06 Å². The van der Waals surface area contributed by atoms with E-state index in [0.717, 1.165) is 19.3 Å². The summed E-state index contributed by atoms with van der Waals surface area (Å²) in [4.78, 5) is 25.2. The molecular formula is C40H71N11O2Zn. The molecule has 5 heterocycles. The minimum Gasteiger partial charge on any atom is -0.367 e. The first-order valence-corrected chi connectivity index (χ1v) is 22.2. The number of hydroxylamine groups is 2. The molecule has 9 fully saturated rings. The maximum absolute atomic E-state index is 14.4. The quantitative estimate of drug-likeness (QED) is 0.0890. The molecule has 8 bridgehead atoms. The number of hydrogen-bond donors (Lipinski definition) is 9. The fourth-order valence-corrected chi connectivity index (χ4v) is 13.2. The average Bonchev–Trinajstić information content (AvgIpc) is 3.89. The zero-order chi connectivity index (χ0) is 36.4. The van der Waals surface area contributed by atoms with Crippen LogP contribution < -0.4 is 48.3 Å². The molecule has 5 saturated heterocycles. The van der Waals surface area contributed by atoms with Gasteiger partial charge in [-0.15, -0.1) is 0 Å². The summed E-state index contributed by atoms with van der Waals surface area (Å²) in [5, 5.41) is 35.1. The van der Waals surface area contributed by atoms with Crippen molar-refractivity contribution in [2.45, 2.75) is 185 Å². The zero-order valence-electron chi connectivity index (χ0n) is 33.6. The van der Waals surface area contributed by atoms with E-state index in [9.17, 15) is 4.79 Å². The molecule has 0 radical (unpaired) electrons. The molecule has 0 aromatic heterocycles. The number of nitrogens with two attached hydrogens (primary N) is 1. The van der Waals surface area contributed by atoms with Crippen molar-refractivity contribution in [3.8, 4) is 0 Å². The molecule has 17 atom stereocenters. The Hall–Kier alpha value is -0.957. The number of nitrogens with one attached hydrogen (secondary N) is 8. The van der Waals surface area contributed by atoms with Crippen LogP contribution in [0.4, 0.5) is 0 Å². The standard InChI is InChI=1S/C40H71N11O2.Zn/c1-20(2)42-40(41)51(21(3)4)53-39(52)29-19-11-18-28-30(29)38-49-36-27-17-10-9-16-26(27)34(47-36)45-32-23-13-6-5-12-22(23)31(43-32)44-33-24-14-7-8-15-25(24)35(46-33)48-37(28)50-38;/h20-38,43-50H,5-19H2,1-4H3,(H2,41,42);. The van der Waals surface area contributed by atoms with Crippen molar-refractivity contribution in [1.29, 1.82) is 0 Å². The number of hydrogen-bond acceptors (Lipinski definition) is 11. The Morgan fingerprint density at radius 1 is 0.537 bits per heavy atom. The van der Waals surface area contributed by atoms with Gasteiger partial charge in [0.05, 0.1) is 61.3 Å². The zero-order valence-corrected chi connectivity index (χ0v) is 36.5. The van der Waals surface area contributed by atoms with Crippen LogP contribution >= 0.6 is 0 Å². The van der Waals surface area contributed by atoms with Crippen LogP contribution in [-0.4, -0.2) is 78.4 Å². The molecule has 4 aliphatic carbocycles. The van der Waals surface area contributed by atoms with Crippen molar-refractivity contribution >= 4 is 11.9 Å². The van der Waals surface area contributed by atoms with Crippen LogP contribution in [0.25, 0.3) is 0 Å². The molecule has 17 unspecified atom stereocenters. The Morgan fingerprint density at radius 3 is 1.22 bits per heavy atom. The van der Waals surface area contributed by atoms with E-state index < -0.39 is 0 Å². The van der Waals surface area contributed by atoms with Crippen molar-refractivity contribution in [3.05, 3.63) is 0 Å². The third-order valence-electron chi connectivity index (χ3n) is 15.5. The van der Waals surface area contributed by atoms with Crippen LogP contribution in [0.5, 0.6) is 0 Å². The normalized spacial score (nSPS) is 47.3. The smallest absolute Gasteiger partial charge is 0.336 e. The predicted molar refractivity (Wildman–Crippen MR) is 206 cm³/mol. The van der Waals surface area contributed by atoms with Gasteiger partial charge >= 0.3 is 5.97 Å². The van der Waals surface area contributed by atoms with Gasteiger partial charge in [0.25, 0.3) is 0 Å². The number of carbonyl (C=O) groups is 1. The van der Waals surface area contributed by atoms with Crippen LogP contribution in [0.2, 0.25) is 0 Å². The van der Waals surface area contributed by atoms with Gasteiger partial charge in [0.2, 0.25) is 5.96 Å². The molecule has 14 heteroatoms. The second-order valence-electron chi connectivity index (χ2n) is 19.2. The summed E-state index contributed by atoms with van der Waals surface area (Å²) < 4.78 is 0. The third-order valence-corrected chi connectivity index (χ3v) is 15.5. The van der Waals surface area contributed by atoms with Gasteiger partial charge in [0, 0.05) is 31.4 Å². The molecule has 0 amide bonds. The van der Waals surface area contributed by atoms with Gasteiger partial charge in [-0.05, 0) is 120 Å².